The first-order valence-corrected chi connectivity index (χ1v) is 5.30. The molecule has 0 saturated carbocycles. The van der Waals surface area contributed by atoms with E-state index in [-0.39, 0.29) is 18.3 Å². The van der Waals surface area contributed by atoms with Gasteiger partial charge in [0.05, 0.1) is 13.2 Å². The van der Waals surface area contributed by atoms with Crippen molar-refractivity contribution in [1.82, 2.24) is 5.32 Å². The number of nitrogens with one attached hydrogen (secondary N) is 1. The third-order valence-electron chi connectivity index (χ3n) is 2.07. The SMILES string of the molecule is COCCOCC(=O)NCc1ccc(F)cc1. The largest absolute Gasteiger partial charge is 0.382 e. The lowest BCUT2D eigenvalue weighted by Gasteiger charge is -2.06. The molecule has 1 rings (SSSR count). The zero-order valence-electron chi connectivity index (χ0n) is 9.74. The minimum Gasteiger partial charge on any atom is -0.382 e. The summed E-state index contributed by atoms with van der Waals surface area (Å²) in [5, 5.41) is 2.67. The Morgan fingerprint density at radius 1 is 1.29 bits per heavy atom. The van der Waals surface area contributed by atoms with Gasteiger partial charge in [-0.3, -0.25) is 4.79 Å². The summed E-state index contributed by atoms with van der Waals surface area (Å²) in [4.78, 5) is 11.3. The maximum Gasteiger partial charge on any atom is 0.246 e. The second-order valence-electron chi connectivity index (χ2n) is 3.45. The highest BCUT2D eigenvalue weighted by atomic mass is 19.1. The average molecular weight is 241 g/mol. The first kappa shape index (κ1) is 13.6. The van der Waals surface area contributed by atoms with Gasteiger partial charge in [-0.15, -0.1) is 0 Å². The molecule has 0 spiro atoms. The zero-order chi connectivity index (χ0) is 12.5. The van der Waals surface area contributed by atoms with Crippen LogP contribution < -0.4 is 5.32 Å². The first-order valence-electron chi connectivity index (χ1n) is 5.30. The minimum atomic E-state index is -0.289. The number of carbonyl (C=O) groups is 1. The number of halogens is 1. The van der Waals surface area contributed by atoms with Crippen LogP contribution in [-0.4, -0.2) is 32.8 Å². The van der Waals surface area contributed by atoms with Crippen LogP contribution in [0.1, 0.15) is 5.56 Å². The smallest absolute Gasteiger partial charge is 0.246 e. The van der Waals surface area contributed by atoms with Crippen molar-refractivity contribution in [3.63, 3.8) is 0 Å². The van der Waals surface area contributed by atoms with E-state index in [2.05, 4.69) is 5.32 Å². The highest BCUT2D eigenvalue weighted by Gasteiger charge is 2.01. The molecule has 0 unspecified atom stereocenters. The van der Waals surface area contributed by atoms with Crippen LogP contribution in [0.2, 0.25) is 0 Å². The van der Waals surface area contributed by atoms with Gasteiger partial charge in [-0.2, -0.15) is 0 Å². The fourth-order valence-corrected chi connectivity index (χ4v) is 1.16. The molecule has 4 nitrogen and oxygen atoms in total. The summed E-state index contributed by atoms with van der Waals surface area (Å²) in [6, 6.07) is 5.97. The van der Waals surface area contributed by atoms with Gasteiger partial charge in [0.25, 0.3) is 0 Å². The van der Waals surface area contributed by atoms with Crippen LogP contribution in [-0.2, 0) is 20.8 Å². The Bertz CT molecular complexity index is 340. The summed E-state index contributed by atoms with van der Waals surface area (Å²) < 4.78 is 22.4. The summed E-state index contributed by atoms with van der Waals surface area (Å²) in [5.41, 5.74) is 0.844. The molecule has 0 bridgehead atoms. The van der Waals surface area contributed by atoms with E-state index in [1.165, 1.54) is 12.1 Å². The van der Waals surface area contributed by atoms with Crippen LogP contribution in [0.25, 0.3) is 0 Å². The maximum atomic E-state index is 12.6. The van der Waals surface area contributed by atoms with Crippen molar-refractivity contribution in [3.8, 4) is 0 Å². The molecule has 0 aromatic heterocycles. The molecule has 0 aliphatic heterocycles. The van der Waals surface area contributed by atoms with Gasteiger partial charge in [0.15, 0.2) is 0 Å². The van der Waals surface area contributed by atoms with E-state index in [1.54, 1.807) is 19.2 Å². The molecule has 0 heterocycles. The molecule has 1 amide bonds. The number of hydrogen-bond donors (Lipinski definition) is 1. The molecule has 0 saturated heterocycles. The van der Waals surface area contributed by atoms with Crippen molar-refractivity contribution in [2.75, 3.05) is 26.9 Å². The van der Waals surface area contributed by atoms with E-state index >= 15 is 0 Å². The van der Waals surface area contributed by atoms with E-state index in [0.29, 0.717) is 19.8 Å². The number of hydrogen-bond acceptors (Lipinski definition) is 3. The Kier molecular flexibility index (Phi) is 6.21. The monoisotopic (exact) mass is 241 g/mol. The molecule has 5 heteroatoms. The molecule has 17 heavy (non-hydrogen) atoms. The van der Waals surface area contributed by atoms with Crippen LogP contribution in [0.3, 0.4) is 0 Å². The van der Waals surface area contributed by atoms with Gasteiger partial charge in [0, 0.05) is 13.7 Å². The van der Waals surface area contributed by atoms with Crippen molar-refractivity contribution in [2.45, 2.75) is 6.54 Å². The summed E-state index contributed by atoms with van der Waals surface area (Å²) in [5.74, 6) is -0.492. The van der Waals surface area contributed by atoms with E-state index in [9.17, 15) is 9.18 Å². The summed E-state index contributed by atoms with van der Waals surface area (Å²) >= 11 is 0. The van der Waals surface area contributed by atoms with Crippen molar-refractivity contribution >= 4 is 5.91 Å². The molecule has 1 aromatic rings. The Balaban J connectivity index is 2.17. The van der Waals surface area contributed by atoms with E-state index in [0.717, 1.165) is 5.56 Å². The molecule has 0 radical (unpaired) electrons. The number of methoxy groups -OCH3 is 1. The molecule has 0 aliphatic rings. The van der Waals surface area contributed by atoms with Gasteiger partial charge in [-0.05, 0) is 17.7 Å². The number of ether oxygens (including phenoxy) is 2. The van der Waals surface area contributed by atoms with Crippen LogP contribution in [0.4, 0.5) is 4.39 Å². The quantitative estimate of drug-likeness (QED) is 0.727. The number of rotatable bonds is 7. The maximum absolute atomic E-state index is 12.6. The highest BCUT2D eigenvalue weighted by molar-refractivity contribution is 5.77. The van der Waals surface area contributed by atoms with E-state index < -0.39 is 0 Å². The first-order chi connectivity index (χ1) is 8.22. The van der Waals surface area contributed by atoms with Crippen LogP contribution in [0.15, 0.2) is 24.3 Å². The fourth-order valence-electron chi connectivity index (χ4n) is 1.16. The molecule has 0 atom stereocenters. The lowest BCUT2D eigenvalue weighted by atomic mass is 10.2. The van der Waals surface area contributed by atoms with Gasteiger partial charge in [-0.25, -0.2) is 4.39 Å². The molecule has 0 fully saturated rings. The second kappa shape index (κ2) is 7.76. The summed E-state index contributed by atoms with van der Waals surface area (Å²) in [6.45, 7) is 1.23. The van der Waals surface area contributed by atoms with Crippen molar-refractivity contribution < 1.29 is 18.7 Å². The van der Waals surface area contributed by atoms with E-state index in [4.69, 9.17) is 9.47 Å². The third kappa shape index (κ3) is 5.99. The summed E-state index contributed by atoms with van der Waals surface area (Å²) in [7, 11) is 1.57. The predicted molar refractivity (Wildman–Crippen MR) is 60.9 cm³/mol. The van der Waals surface area contributed by atoms with Crippen molar-refractivity contribution in [3.05, 3.63) is 35.6 Å². The van der Waals surface area contributed by atoms with Gasteiger partial charge in [-0.1, -0.05) is 12.1 Å². The van der Waals surface area contributed by atoms with Crippen molar-refractivity contribution in [2.24, 2.45) is 0 Å². The van der Waals surface area contributed by atoms with Crippen LogP contribution in [0.5, 0.6) is 0 Å². The Labute approximate surface area is 99.7 Å². The Hall–Kier alpha value is -1.46. The number of benzene rings is 1. The lowest BCUT2D eigenvalue weighted by molar-refractivity contribution is -0.126. The Morgan fingerprint density at radius 2 is 2.00 bits per heavy atom. The topological polar surface area (TPSA) is 47.6 Å². The van der Waals surface area contributed by atoms with E-state index in [1.807, 2.05) is 0 Å². The molecule has 1 N–H and O–H groups in total. The number of carbonyl (C=O) groups excluding carboxylic acids is 1. The summed E-state index contributed by atoms with van der Waals surface area (Å²) in [6.07, 6.45) is 0. The average Bonchev–Trinajstić information content (AvgIpc) is 2.34. The molecular formula is C12H16FNO3. The molecule has 0 aliphatic carbocycles. The van der Waals surface area contributed by atoms with Gasteiger partial charge >= 0.3 is 0 Å². The zero-order valence-corrected chi connectivity index (χ0v) is 9.74. The molecule has 1 aromatic carbocycles. The number of amides is 1. The molecule has 94 valence electrons. The lowest BCUT2D eigenvalue weighted by Crippen LogP contribution is -2.27. The van der Waals surface area contributed by atoms with Gasteiger partial charge in [0.1, 0.15) is 12.4 Å². The van der Waals surface area contributed by atoms with Crippen LogP contribution in [0, 0.1) is 5.82 Å². The molecular weight excluding hydrogens is 225 g/mol. The van der Waals surface area contributed by atoms with Gasteiger partial charge < -0.3 is 14.8 Å². The fraction of sp³-hybridized carbons (Fsp3) is 0.417. The third-order valence-corrected chi connectivity index (χ3v) is 2.07. The normalized spacial score (nSPS) is 10.2. The standard InChI is InChI=1S/C12H16FNO3/c1-16-6-7-17-9-12(15)14-8-10-2-4-11(13)5-3-10/h2-5H,6-9H2,1H3,(H,14,15). The van der Waals surface area contributed by atoms with Crippen LogP contribution >= 0.6 is 0 Å². The second-order valence-corrected chi connectivity index (χ2v) is 3.45. The van der Waals surface area contributed by atoms with Gasteiger partial charge in [0.2, 0.25) is 5.91 Å². The minimum absolute atomic E-state index is 0.00452. The Morgan fingerprint density at radius 3 is 2.65 bits per heavy atom. The van der Waals surface area contributed by atoms with Crippen molar-refractivity contribution in [1.29, 1.82) is 0 Å². The highest BCUT2D eigenvalue weighted by Crippen LogP contribution is 2.01. The predicted octanol–water partition coefficient (Wildman–Crippen LogP) is 1.10.